The minimum absolute atomic E-state index is 0.104. The van der Waals surface area contributed by atoms with Crippen molar-refractivity contribution in [2.45, 2.75) is 26.7 Å². The number of nitrogens with one attached hydrogen (secondary N) is 1. The van der Waals surface area contributed by atoms with Gasteiger partial charge in [0.25, 0.3) is 0 Å². The minimum atomic E-state index is 0.104. The number of aryl methyl sites for hydroxylation is 1. The van der Waals surface area contributed by atoms with Crippen LogP contribution in [0, 0.1) is 0 Å². The highest BCUT2D eigenvalue weighted by atomic mass is 32.1. The smallest absolute Gasteiger partial charge is 0.223 e. The van der Waals surface area contributed by atoms with Crippen LogP contribution in [0.4, 0.5) is 5.13 Å². The van der Waals surface area contributed by atoms with Gasteiger partial charge in [0.1, 0.15) is 5.82 Å². The second-order valence-corrected chi connectivity index (χ2v) is 6.82. The van der Waals surface area contributed by atoms with E-state index in [-0.39, 0.29) is 5.91 Å². The summed E-state index contributed by atoms with van der Waals surface area (Å²) in [6.07, 6.45) is 1.31. The number of aliphatic imine (C=N–C) groups is 1. The summed E-state index contributed by atoms with van der Waals surface area (Å²) in [7, 11) is 3.54. The maximum atomic E-state index is 11.7. The Hall–Kier alpha value is -1.90. The van der Waals surface area contributed by atoms with Gasteiger partial charge in [0.05, 0.1) is 6.54 Å². The van der Waals surface area contributed by atoms with Gasteiger partial charge in [-0.2, -0.15) is 4.37 Å². The summed E-state index contributed by atoms with van der Waals surface area (Å²) >= 11 is 1.48. The Labute approximate surface area is 154 Å². The number of guanidine groups is 1. The van der Waals surface area contributed by atoms with Gasteiger partial charge in [-0.05, 0) is 6.92 Å². The Balaban J connectivity index is 1.89. The van der Waals surface area contributed by atoms with Crippen LogP contribution in [0.2, 0.25) is 0 Å². The number of nitrogens with zero attached hydrogens (tertiary/aromatic N) is 6. The number of rotatable bonds is 6. The lowest BCUT2D eigenvalue weighted by Gasteiger charge is -2.36. The molecule has 0 spiro atoms. The molecule has 140 valence electrons. The fourth-order valence-corrected chi connectivity index (χ4v) is 3.33. The molecule has 1 amide bonds. The number of anilines is 1. The molecule has 0 bridgehead atoms. The molecule has 25 heavy (non-hydrogen) atoms. The standard InChI is InChI=1S/C16H29N7OS/c1-5-13-19-16(25-20-13)23-11-9-22(10-12-23)15(17-6-2)18-8-7-14(24)21(3)4/h5-12H2,1-4H3,(H,17,18). The van der Waals surface area contributed by atoms with Crippen LogP contribution < -0.4 is 10.2 Å². The molecule has 1 N–H and O–H groups in total. The predicted octanol–water partition coefficient (Wildman–Crippen LogP) is 0.666. The van der Waals surface area contributed by atoms with Crippen LogP contribution in [-0.2, 0) is 11.2 Å². The molecule has 0 aliphatic carbocycles. The third-order valence-electron chi connectivity index (χ3n) is 4.04. The molecule has 9 heteroatoms. The molecular formula is C16H29N7OS. The number of aromatic nitrogens is 2. The molecule has 0 radical (unpaired) electrons. The molecule has 1 aromatic heterocycles. The molecule has 0 aromatic carbocycles. The van der Waals surface area contributed by atoms with Crippen molar-refractivity contribution in [2.75, 3.05) is 58.3 Å². The van der Waals surface area contributed by atoms with Gasteiger partial charge in [0.15, 0.2) is 5.96 Å². The number of hydrogen-bond donors (Lipinski definition) is 1. The van der Waals surface area contributed by atoms with E-state index in [2.05, 4.69) is 43.3 Å². The maximum absolute atomic E-state index is 11.7. The van der Waals surface area contributed by atoms with E-state index in [1.165, 1.54) is 11.5 Å². The Morgan fingerprint density at radius 1 is 1.28 bits per heavy atom. The van der Waals surface area contributed by atoms with E-state index < -0.39 is 0 Å². The minimum Gasteiger partial charge on any atom is -0.357 e. The van der Waals surface area contributed by atoms with E-state index in [1.54, 1.807) is 19.0 Å². The SMILES string of the molecule is CCNC(=NCCC(=O)N(C)C)N1CCN(c2nc(CC)ns2)CC1. The first-order valence-electron chi connectivity index (χ1n) is 8.86. The van der Waals surface area contributed by atoms with Crippen molar-refractivity contribution >= 4 is 28.5 Å². The van der Waals surface area contributed by atoms with Crippen LogP contribution in [0.5, 0.6) is 0 Å². The van der Waals surface area contributed by atoms with E-state index >= 15 is 0 Å². The molecule has 1 aromatic rings. The predicted molar refractivity (Wildman–Crippen MR) is 102 cm³/mol. The quantitative estimate of drug-likeness (QED) is 0.588. The van der Waals surface area contributed by atoms with Crippen LogP contribution in [0.3, 0.4) is 0 Å². The van der Waals surface area contributed by atoms with Gasteiger partial charge in [0.2, 0.25) is 11.0 Å². The van der Waals surface area contributed by atoms with Gasteiger partial charge in [0, 0.05) is 71.2 Å². The summed E-state index contributed by atoms with van der Waals surface area (Å²) in [5.74, 6) is 1.91. The zero-order valence-electron chi connectivity index (χ0n) is 15.7. The first-order chi connectivity index (χ1) is 12.0. The lowest BCUT2D eigenvalue weighted by atomic mass is 10.3. The Bertz CT molecular complexity index is 579. The Morgan fingerprint density at radius 3 is 2.56 bits per heavy atom. The fourth-order valence-electron chi connectivity index (χ4n) is 2.53. The number of amides is 1. The Kier molecular flexibility index (Phi) is 7.42. The van der Waals surface area contributed by atoms with Gasteiger partial charge in [-0.1, -0.05) is 6.92 Å². The van der Waals surface area contributed by atoms with Gasteiger partial charge >= 0.3 is 0 Å². The maximum Gasteiger partial charge on any atom is 0.223 e. The summed E-state index contributed by atoms with van der Waals surface area (Å²) in [4.78, 5) is 27.0. The molecule has 2 heterocycles. The molecule has 1 saturated heterocycles. The average Bonchev–Trinajstić information content (AvgIpc) is 3.10. The van der Waals surface area contributed by atoms with Crippen molar-refractivity contribution in [3.63, 3.8) is 0 Å². The lowest BCUT2D eigenvalue weighted by molar-refractivity contribution is -0.128. The largest absolute Gasteiger partial charge is 0.357 e. The molecule has 1 fully saturated rings. The number of carbonyl (C=O) groups excluding carboxylic acids is 1. The summed E-state index contributed by atoms with van der Waals surface area (Å²) < 4.78 is 4.37. The van der Waals surface area contributed by atoms with Crippen molar-refractivity contribution in [1.29, 1.82) is 0 Å². The number of carbonyl (C=O) groups is 1. The van der Waals surface area contributed by atoms with Crippen LogP contribution >= 0.6 is 11.5 Å². The van der Waals surface area contributed by atoms with Crippen molar-refractivity contribution in [2.24, 2.45) is 4.99 Å². The molecule has 0 atom stereocenters. The fraction of sp³-hybridized carbons (Fsp3) is 0.750. The van der Waals surface area contributed by atoms with Crippen LogP contribution in [0.15, 0.2) is 4.99 Å². The lowest BCUT2D eigenvalue weighted by Crippen LogP contribution is -2.52. The third-order valence-corrected chi connectivity index (χ3v) is 4.86. The molecule has 2 rings (SSSR count). The zero-order chi connectivity index (χ0) is 18.2. The van der Waals surface area contributed by atoms with Crippen molar-refractivity contribution in [3.05, 3.63) is 5.82 Å². The summed E-state index contributed by atoms with van der Waals surface area (Å²) in [6.45, 7) is 9.03. The first-order valence-corrected chi connectivity index (χ1v) is 9.63. The van der Waals surface area contributed by atoms with Crippen LogP contribution in [0.25, 0.3) is 0 Å². The molecule has 0 unspecified atom stereocenters. The zero-order valence-corrected chi connectivity index (χ0v) is 16.5. The van der Waals surface area contributed by atoms with E-state index in [0.717, 1.165) is 56.1 Å². The molecule has 0 saturated carbocycles. The van der Waals surface area contributed by atoms with Crippen LogP contribution in [0.1, 0.15) is 26.1 Å². The second kappa shape index (κ2) is 9.55. The van der Waals surface area contributed by atoms with Gasteiger partial charge in [-0.3, -0.25) is 9.79 Å². The Morgan fingerprint density at radius 2 is 2.00 bits per heavy atom. The third kappa shape index (κ3) is 5.55. The van der Waals surface area contributed by atoms with E-state index in [1.807, 2.05) is 0 Å². The highest BCUT2D eigenvalue weighted by molar-refractivity contribution is 7.09. The summed E-state index contributed by atoms with van der Waals surface area (Å²) in [6, 6.07) is 0. The molecular weight excluding hydrogens is 338 g/mol. The summed E-state index contributed by atoms with van der Waals surface area (Å²) in [5, 5.41) is 4.34. The van der Waals surface area contributed by atoms with Crippen molar-refractivity contribution < 1.29 is 4.79 Å². The highest BCUT2D eigenvalue weighted by Gasteiger charge is 2.22. The van der Waals surface area contributed by atoms with Crippen molar-refractivity contribution in [1.82, 2.24) is 24.5 Å². The van der Waals surface area contributed by atoms with E-state index in [0.29, 0.717) is 13.0 Å². The average molecular weight is 368 g/mol. The highest BCUT2D eigenvalue weighted by Crippen LogP contribution is 2.19. The van der Waals surface area contributed by atoms with Crippen LogP contribution in [-0.4, -0.2) is 84.4 Å². The molecule has 8 nitrogen and oxygen atoms in total. The van der Waals surface area contributed by atoms with E-state index in [4.69, 9.17) is 0 Å². The molecule has 1 aliphatic rings. The first kappa shape index (κ1) is 19.4. The number of piperazine rings is 1. The van der Waals surface area contributed by atoms with Gasteiger partial charge in [-0.15, -0.1) is 0 Å². The monoisotopic (exact) mass is 367 g/mol. The van der Waals surface area contributed by atoms with Gasteiger partial charge < -0.3 is 20.0 Å². The van der Waals surface area contributed by atoms with E-state index in [9.17, 15) is 4.79 Å². The van der Waals surface area contributed by atoms with Crippen molar-refractivity contribution in [3.8, 4) is 0 Å². The number of hydrogen-bond acceptors (Lipinski definition) is 6. The topological polar surface area (TPSA) is 77.0 Å². The summed E-state index contributed by atoms with van der Waals surface area (Å²) in [5.41, 5.74) is 0. The normalized spacial score (nSPS) is 15.4. The van der Waals surface area contributed by atoms with Gasteiger partial charge in [-0.25, -0.2) is 4.98 Å². The molecule has 1 aliphatic heterocycles. The second-order valence-electron chi connectivity index (χ2n) is 6.09.